The van der Waals surface area contributed by atoms with Gasteiger partial charge in [0.15, 0.2) is 0 Å². The number of hydrogen-bond donors (Lipinski definition) is 1. The van der Waals surface area contributed by atoms with E-state index in [0.29, 0.717) is 0 Å². The molecule has 2 aromatic rings. The summed E-state index contributed by atoms with van der Waals surface area (Å²) in [6.45, 7) is 7.52. The van der Waals surface area contributed by atoms with Gasteiger partial charge in [-0.1, -0.05) is 69.3 Å². The van der Waals surface area contributed by atoms with Crippen molar-refractivity contribution in [3.05, 3.63) is 66.2 Å². The molecule has 116 valence electrons. The van der Waals surface area contributed by atoms with Crippen LogP contribution in [0.4, 0.5) is 5.69 Å². The lowest BCUT2D eigenvalue weighted by molar-refractivity contribution is 0.802. The molecule has 0 heterocycles. The van der Waals surface area contributed by atoms with Crippen LogP contribution in [0.25, 0.3) is 0 Å². The standard InChI is InChI=1S/C19H24N2S/c1-19(2,3)22-15-14-20-18(16-10-6-4-7-11-16)21-17-12-8-5-9-13-17/h4-13H,14-15H2,1-3H3,(H,20,21). The molecule has 0 saturated carbocycles. The van der Waals surface area contributed by atoms with E-state index in [1.807, 2.05) is 48.2 Å². The molecule has 0 saturated heterocycles. The predicted octanol–water partition coefficient (Wildman–Crippen LogP) is 5.08. The van der Waals surface area contributed by atoms with E-state index < -0.39 is 0 Å². The number of nitrogens with zero attached hydrogens (tertiary/aromatic N) is 1. The van der Waals surface area contributed by atoms with Crippen LogP contribution in [0.3, 0.4) is 0 Å². The van der Waals surface area contributed by atoms with E-state index in [-0.39, 0.29) is 4.75 Å². The monoisotopic (exact) mass is 312 g/mol. The smallest absolute Gasteiger partial charge is 0.132 e. The SMILES string of the molecule is CC(C)(C)SCCN=C(Nc1ccccc1)c1ccccc1. The molecule has 0 fully saturated rings. The first-order valence-corrected chi connectivity index (χ1v) is 8.59. The third kappa shape index (κ3) is 5.94. The second-order valence-corrected chi connectivity index (χ2v) is 7.97. The van der Waals surface area contributed by atoms with Crippen molar-refractivity contribution in [2.75, 3.05) is 17.6 Å². The van der Waals surface area contributed by atoms with Gasteiger partial charge in [0, 0.05) is 21.8 Å². The lowest BCUT2D eigenvalue weighted by atomic mass is 10.2. The van der Waals surface area contributed by atoms with Gasteiger partial charge in [-0.15, -0.1) is 0 Å². The van der Waals surface area contributed by atoms with E-state index in [1.165, 1.54) is 0 Å². The molecular weight excluding hydrogens is 288 g/mol. The molecule has 0 aliphatic carbocycles. The topological polar surface area (TPSA) is 24.4 Å². The highest BCUT2D eigenvalue weighted by atomic mass is 32.2. The van der Waals surface area contributed by atoms with E-state index >= 15 is 0 Å². The quantitative estimate of drug-likeness (QED) is 0.473. The highest BCUT2D eigenvalue weighted by Gasteiger charge is 2.09. The zero-order chi connectivity index (χ0) is 15.8. The van der Waals surface area contributed by atoms with Crippen LogP contribution < -0.4 is 5.32 Å². The Labute approximate surface area is 138 Å². The van der Waals surface area contributed by atoms with Gasteiger partial charge >= 0.3 is 0 Å². The second kappa shape index (κ2) is 8.04. The third-order valence-electron chi connectivity index (χ3n) is 2.98. The molecule has 0 amide bonds. The van der Waals surface area contributed by atoms with Crippen LogP contribution in [0, 0.1) is 0 Å². The number of para-hydroxylation sites is 1. The van der Waals surface area contributed by atoms with Crippen LogP contribution in [-0.2, 0) is 0 Å². The first-order valence-electron chi connectivity index (χ1n) is 7.60. The Morgan fingerprint density at radius 1 is 0.955 bits per heavy atom. The Morgan fingerprint density at radius 3 is 2.14 bits per heavy atom. The number of rotatable bonds is 5. The van der Waals surface area contributed by atoms with Crippen LogP contribution in [0.1, 0.15) is 26.3 Å². The Hall–Kier alpha value is -1.74. The van der Waals surface area contributed by atoms with Gasteiger partial charge in [-0.25, -0.2) is 0 Å². The highest BCUT2D eigenvalue weighted by Crippen LogP contribution is 2.22. The van der Waals surface area contributed by atoms with Crippen LogP contribution in [0.2, 0.25) is 0 Å². The summed E-state index contributed by atoms with van der Waals surface area (Å²) in [5, 5.41) is 3.43. The highest BCUT2D eigenvalue weighted by molar-refractivity contribution is 8.00. The fourth-order valence-electron chi connectivity index (χ4n) is 1.97. The molecule has 0 unspecified atom stereocenters. The summed E-state index contributed by atoms with van der Waals surface area (Å²) in [6.07, 6.45) is 0. The minimum absolute atomic E-state index is 0.287. The molecule has 0 bridgehead atoms. The molecule has 3 heteroatoms. The number of benzene rings is 2. The van der Waals surface area contributed by atoms with Crippen molar-refractivity contribution in [1.82, 2.24) is 0 Å². The van der Waals surface area contributed by atoms with Gasteiger partial charge in [-0.2, -0.15) is 11.8 Å². The molecule has 0 atom stereocenters. The summed E-state index contributed by atoms with van der Waals surface area (Å²) in [7, 11) is 0. The minimum Gasteiger partial charge on any atom is -0.340 e. The van der Waals surface area contributed by atoms with Crippen LogP contribution in [-0.4, -0.2) is 22.9 Å². The van der Waals surface area contributed by atoms with E-state index in [9.17, 15) is 0 Å². The molecule has 0 radical (unpaired) electrons. The molecular formula is C19H24N2S. The second-order valence-electron chi connectivity index (χ2n) is 6.05. The van der Waals surface area contributed by atoms with Gasteiger partial charge in [-0.3, -0.25) is 4.99 Å². The van der Waals surface area contributed by atoms with Gasteiger partial charge in [-0.05, 0) is 12.1 Å². The van der Waals surface area contributed by atoms with E-state index in [0.717, 1.165) is 29.4 Å². The van der Waals surface area contributed by atoms with Crippen molar-refractivity contribution < 1.29 is 0 Å². The Morgan fingerprint density at radius 2 is 1.55 bits per heavy atom. The minimum atomic E-state index is 0.287. The van der Waals surface area contributed by atoms with Crippen molar-refractivity contribution in [3.8, 4) is 0 Å². The van der Waals surface area contributed by atoms with E-state index in [4.69, 9.17) is 4.99 Å². The lowest BCUT2D eigenvalue weighted by Crippen LogP contribution is -2.15. The predicted molar refractivity (Wildman–Crippen MR) is 100 cm³/mol. The van der Waals surface area contributed by atoms with Gasteiger partial charge in [0.1, 0.15) is 5.84 Å². The van der Waals surface area contributed by atoms with Crippen molar-refractivity contribution in [1.29, 1.82) is 0 Å². The fraction of sp³-hybridized carbons (Fsp3) is 0.316. The molecule has 0 aliphatic rings. The number of aliphatic imine (C=N–C) groups is 1. The Kier molecular flexibility index (Phi) is 6.08. The zero-order valence-electron chi connectivity index (χ0n) is 13.5. The molecule has 1 N–H and O–H groups in total. The summed E-state index contributed by atoms with van der Waals surface area (Å²) in [6, 6.07) is 20.5. The van der Waals surface area contributed by atoms with Crippen LogP contribution in [0.15, 0.2) is 65.7 Å². The summed E-state index contributed by atoms with van der Waals surface area (Å²) >= 11 is 1.94. The van der Waals surface area contributed by atoms with Crippen molar-refractivity contribution in [2.24, 2.45) is 4.99 Å². The van der Waals surface area contributed by atoms with Crippen molar-refractivity contribution >= 4 is 23.3 Å². The van der Waals surface area contributed by atoms with E-state index in [1.54, 1.807) is 0 Å². The van der Waals surface area contributed by atoms with Crippen LogP contribution >= 0.6 is 11.8 Å². The third-order valence-corrected chi connectivity index (χ3v) is 4.23. The Balaban J connectivity index is 2.08. The van der Waals surface area contributed by atoms with Crippen molar-refractivity contribution in [2.45, 2.75) is 25.5 Å². The summed E-state index contributed by atoms with van der Waals surface area (Å²) < 4.78 is 0.287. The molecule has 0 aliphatic heterocycles. The first-order chi connectivity index (χ1) is 10.5. The van der Waals surface area contributed by atoms with Gasteiger partial charge in [0.25, 0.3) is 0 Å². The van der Waals surface area contributed by atoms with Crippen LogP contribution in [0.5, 0.6) is 0 Å². The number of anilines is 1. The summed E-state index contributed by atoms with van der Waals surface area (Å²) in [5.41, 5.74) is 2.18. The molecule has 0 aromatic heterocycles. The molecule has 2 nitrogen and oxygen atoms in total. The molecule has 2 aromatic carbocycles. The number of thioether (sulfide) groups is 1. The average Bonchev–Trinajstić information content (AvgIpc) is 2.51. The van der Waals surface area contributed by atoms with Gasteiger partial charge in [0.2, 0.25) is 0 Å². The first kappa shape index (κ1) is 16.6. The number of hydrogen-bond acceptors (Lipinski definition) is 2. The maximum Gasteiger partial charge on any atom is 0.132 e. The summed E-state index contributed by atoms with van der Waals surface area (Å²) in [5.74, 6) is 1.96. The normalized spacial score (nSPS) is 12.2. The van der Waals surface area contributed by atoms with E-state index in [2.05, 4.69) is 50.4 Å². The summed E-state index contributed by atoms with van der Waals surface area (Å²) in [4.78, 5) is 4.78. The molecule has 0 spiro atoms. The number of amidine groups is 1. The molecule has 2 rings (SSSR count). The maximum absolute atomic E-state index is 4.78. The Bertz CT molecular complexity index is 586. The van der Waals surface area contributed by atoms with Gasteiger partial charge < -0.3 is 5.32 Å². The maximum atomic E-state index is 4.78. The number of nitrogens with one attached hydrogen (secondary N) is 1. The largest absolute Gasteiger partial charge is 0.340 e. The average molecular weight is 312 g/mol. The lowest BCUT2D eigenvalue weighted by Gasteiger charge is -2.17. The van der Waals surface area contributed by atoms with Gasteiger partial charge in [0.05, 0.1) is 6.54 Å². The fourth-order valence-corrected chi connectivity index (χ4v) is 2.76. The molecule has 22 heavy (non-hydrogen) atoms. The van der Waals surface area contributed by atoms with Crippen molar-refractivity contribution in [3.63, 3.8) is 0 Å². The zero-order valence-corrected chi connectivity index (χ0v) is 14.4.